The molecule has 18 heavy (non-hydrogen) atoms. The largest absolute Gasteiger partial charge is 0.488 e. The molecule has 2 heterocycles. The van der Waals surface area contributed by atoms with Crippen molar-refractivity contribution in [3.63, 3.8) is 0 Å². The van der Waals surface area contributed by atoms with Crippen molar-refractivity contribution in [2.24, 2.45) is 5.41 Å². The third-order valence-electron chi connectivity index (χ3n) is 3.03. The monoisotopic (exact) mass is 248 g/mol. The highest BCUT2D eigenvalue weighted by Crippen LogP contribution is 2.23. The van der Waals surface area contributed by atoms with Gasteiger partial charge in [-0.05, 0) is 12.1 Å². The zero-order valence-electron chi connectivity index (χ0n) is 11.2. The Morgan fingerprint density at radius 1 is 1.39 bits per heavy atom. The molecule has 0 aliphatic carbocycles. The maximum atomic E-state index is 12.1. The molecule has 0 saturated carbocycles. The Morgan fingerprint density at radius 3 is 2.67 bits per heavy atom. The van der Waals surface area contributed by atoms with Crippen LogP contribution in [0.15, 0.2) is 24.5 Å². The molecule has 1 aliphatic rings. The number of ether oxygens (including phenoxy) is 1. The van der Waals surface area contributed by atoms with Gasteiger partial charge in [0.1, 0.15) is 11.9 Å². The van der Waals surface area contributed by atoms with Crippen molar-refractivity contribution in [3.8, 4) is 5.75 Å². The van der Waals surface area contributed by atoms with Crippen LogP contribution in [-0.4, -0.2) is 35.0 Å². The van der Waals surface area contributed by atoms with E-state index in [2.05, 4.69) is 4.98 Å². The Kier molecular flexibility index (Phi) is 3.55. The lowest BCUT2D eigenvalue weighted by molar-refractivity contribution is -0.138. The first kappa shape index (κ1) is 12.9. The average Bonchev–Trinajstić information content (AvgIpc) is 2.76. The normalized spacial score (nSPS) is 19.9. The number of carbonyl (C=O) groups is 1. The first-order chi connectivity index (χ1) is 8.47. The lowest BCUT2D eigenvalue weighted by Gasteiger charge is -2.25. The lowest BCUT2D eigenvalue weighted by atomic mass is 9.95. The Balaban J connectivity index is 1.91. The molecule has 0 N–H and O–H groups in total. The fraction of sp³-hybridized carbons (Fsp3) is 0.571. The van der Waals surface area contributed by atoms with Crippen LogP contribution in [0.25, 0.3) is 0 Å². The van der Waals surface area contributed by atoms with Crippen molar-refractivity contribution in [1.82, 2.24) is 9.88 Å². The number of hydrogen-bond acceptors (Lipinski definition) is 3. The van der Waals surface area contributed by atoms with E-state index >= 15 is 0 Å². The molecule has 4 heteroatoms. The average molecular weight is 248 g/mol. The highest BCUT2D eigenvalue weighted by Gasteiger charge is 2.33. The molecule has 2 rings (SSSR count). The number of hydrogen-bond donors (Lipinski definition) is 0. The third kappa shape index (κ3) is 3.00. The molecule has 1 aromatic heterocycles. The summed E-state index contributed by atoms with van der Waals surface area (Å²) in [7, 11) is 0. The highest BCUT2D eigenvalue weighted by atomic mass is 16.5. The van der Waals surface area contributed by atoms with E-state index in [1.54, 1.807) is 12.4 Å². The summed E-state index contributed by atoms with van der Waals surface area (Å²) < 4.78 is 5.83. The Bertz CT molecular complexity index is 412. The number of pyridine rings is 1. The molecule has 0 radical (unpaired) electrons. The van der Waals surface area contributed by atoms with Crippen molar-refractivity contribution in [2.75, 3.05) is 13.1 Å². The molecule has 1 atom stereocenters. The van der Waals surface area contributed by atoms with Crippen LogP contribution in [0.2, 0.25) is 0 Å². The second-order valence-electron chi connectivity index (χ2n) is 5.71. The van der Waals surface area contributed by atoms with E-state index in [9.17, 15) is 4.79 Å². The van der Waals surface area contributed by atoms with Gasteiger partial charge in [-0.2, -0.15) is 0 Å². The molecule has 0 bridgehead atoms. The molecule has 4 nitrogen and oxygen atoms in total. The molecular formula is C14H20N2O2. The van der Waals surface area contributed by atoms with E-state index in [0.717, 1.165) is 18.7 Å². The first-order valence-corrected chi connectivity index (χ1v) is 6.33. The van der Waals surface area contributed by atoms with E-state index in [1.165, 1.54) is 0 Å². The van der Waals surface area contributed by atoms with Gasteiger partial charge >= 0.3 is 0 Å². The predicted octanol–water partition coefficient (Wildman–Crippen LogP) is 2.11. The van der Waals surface area contributed by atoms with Gasteiger partial charge in [-0.15, -0.1) is 0 Å². The molecule has 0 unspecified atom stereocenters. The maximum Gasteiger partial charge on any atom is 0.228 e. The van der Waals surface area contributed by atoms with Gasteiger partial charge in [-0.3, -0.25) is 9.78 Å². The van der Waals surface area contributed by atoms with Crippen molar-refractivity contribution in [2.45, 2.75) is 33.3 Å². The quantitative estimate of drug-likeness (QED) is 0.805. The van der Waals surface area contributed by atoms with Crippen LogP contribution in [0.5, 0.6) is 5.75 Å². The first-order valence-electron chi connectivity index (χ1n) is 6.33. The van der Waals surface area contributed by atoms with Gasteiger partial charge in [0.15, 0.2) is 0 Å². The van der Waals surface area contributed by atoms with Crippen molar-refractivity contribution >= 4 is 5.91 Å². The van der Waals surface area contributed by atoms with Crippen molar-refractivity contribution in [3.05, 3.63) is 24.5 Å². The SMILES string of the molecule is CC(C)(C)C(=O)N1CC[C@H](Oc2ccncc2)C1. The number of amides is 1. The molecule has 1 saturated heterocycles. The highest BCUT2D eigenvalue weighted by molar-refractivity contribution is 5.81. The number of nitrogens with zero attached hydrogens (tertiary/aromatic N) is 2. The Morgan fingerprint density at radius 2 is 2.06 bits per heavy atom. The molecule has 1 amide bonds. The molecule has 1 aliphatic heterocycles. The molecule has 98 valence electrons. The number of aromatic nitrogens is 1. The topological polar surface area (TPSA) is 42.4 Å². The molecular weight excluding hydrogens is 228 g/mol. The van der Waals surface area contributed by atoms with E-state index in [-0.39, 0.29) is 17.4 Å². The summed E-state index contributed by atoms with van der Waals surface area (Å²) in [6, 6.07) is 3.68. The van der Waals surface area contributed by atoms with E-state index in [1.807, 2.05) is 37.8 Å². The van der Waals surface area contributed by atoms with Crippen LogP contribution >= 0.6 is 0 Å². The zero-order chi connectivity index (χ0) is 13.2. The smallest absolute Gasteiger partial charge is 0.228 e. The maximum absolute atomic E-state index is 12.1. The summed E-state index contributed by atoms with van der Waals surface area (Å²) in [6.45, 7) is 7.31. The number of carbonyl (C=O) groups excluding carboxylic acids is 1. The molecule has 1 aromatic rings. The van der Waals surface area contributed by atoms with Crippen LogP contribution in [0.1, 0.15) is 27.2 Å². The number of likely N-dealkylation sites (tertiary alicyclic amines) is 1. The van der Waals surface area contributed by atoms with Crippen LogP contribution in [0, 0.1) is 5.41 Å². The summed E-state index contributed by atoms with van der Waals surface area (Å²) >= 11 is 0. The fourth-order valence-electron chi connectivity index (χ4n) is 2.09. The van der Waals surface area contributed by atoms with Gasteiger partial charge in [0.05, 0.1) is 6.54 Å². The molecule has 1 fully saturated rings. The summed E-state index contributed by atoms with van der Waals surface area (Å²) in [5, 5.41) is 0. The Hall–Kier alpha value is -1.58. The summed E-state index contributed by atoms with van der Waals surface area (Å²) in [6.07, 6.45) is 4.41. The standard InChI is InChI=1S/C14H20N2O2/c1-14(2,3)13(17)16-9-6-12(10-16)18-11-4-7-15-8-5-11/h4-5,7-8,12H,6,9-10H2,1-3H3/t12-/m0/s1. The van der Waals surface area contributed by atoms with E-state index in [4.69, 9.17) is 4.74 Å². The summed E-state index contributed by atoms with van der Waals surface area (Å²) in [5.41, 5.74) is -0.314. The third-order valence-corrected chi connectivity index (χ3v) is 3.03. The minimum absolute atomic E-state index is 0.0960. The van der Waals surface area contributed by atoms with E-state index in [0.29, 0.717) is 6.54 Å². The summed E-state index contributed by atoms with van der Waals surface area (Å²) in [5.74, 6) is 1.02. The second kappa shape index (κ2) is 4.96. The van der Waals surface area contributed by atoms with Crippen molar-refractivity contribution < 1.29 is 9.53 Å². The molecule has 0 spiro atoms. The van der Waals surface area contributed by atoms with Gasteiger partial charge in [0.25, 0.3) is 0 Å². The number of rotatable bonds is 2. The minimum atomic E-state index is -0.314. The van der Waals surface area contributed by atoms with Gasteiger partial charge in [0, 0.05) is 30.8 Å². The minimum Gasteiger partial charge on any atom is -0.488 e. The second-order valence-corrected chi connectivity index (χ2v) is 5.71. The summed E-state index contributed by atoms with van der Waals surface area (Å²) in [4.78, 5) is 18.0. The van der Waals surface area contributed by atoms with Crippen LogP contribution in [-0.2, 0) is 4.79 Å². The van der Waals surface area contributed by atoms with Gasteiger partial charge < -0.3 is 9.64 Å². The van der Waals surface area contributed by atoms with Crippen LogP contribution in [0.4, 0.5) is 0 Å². The fourth-order valence-corrected chi connectivity index (χ4v) is 2.09. The zero-order valence-corrected chi connectivity index (χ0v) is 11.2. The van der Waals surface area contributed by atoms with Crippen molar-refractivity contribution in [1.29, 1.82) is 0 Å². The van der Waals surface area contributed by atoms with Gasteiger partial charge in [-0.25, -0.2) is 0 Å². The predicted molar refractivity (Wildman–Crippen MR) is 69.3 cm³/mol. The van der Waals surface area contributed by atoms with Crippen LogP contribution in [0.3, 0.4) is 0 Å². The van der Waals surface area contributed by atoms with Crippen LogP contribution < -0.4 is 4.74 Å². The Labute approximate surface area is 108 Å². The van der Waals surface area contributed by atoms with E-state index < -0.39 is 0 Å². The lowest BCUT2D eigenvalue weighted by Crippen LogP contribution is -2.38. The van der Waals surface area contributed by atoms with Gasteiger partial charge in [-0.1, -0.05) is 20.8 Å². The van der Waals surface area contributed by atoms with Gasteiger partial charge in [0.2, 0.25) is 5.91 Å². The molecule has 0 aromatic carbocycles.